The van der Waals surface area contributed by atoms with Gasteiger partial charge in [-0.3, -0.25) is 4.79 Å². The first kappa shape index (κ1) is 14.0. The van der Waals surface area contributed by atoms with Crippen molar-refractivity contribution in [3.8, 4) is 0 Å². The molecule has 0 saturated carbocycles. The molecular formula is C17H19N5O. The number of benzene rings is 1. The van der Waals surface area contributed by atoms with Gasteiger partial charge in [0.2, 0.25) is 5.95 Å². The van der Waals surface area contributed by atoms with Crippen LogP contribution in [0.25, 0.3) is 0 Å². The summed E-state index contributed by atoms with van der Waals surface area (Å²) in [6.07, 6.45) is 4.49. The number of nitrogens with one attached hydrogen (secondary N) is 1. The fraction of sp³-hybridized carbons (Fsp3) is 0.353. The van der Waals surface area contributed by atoms with E-state index in [0.717, 1.165) is 43.3 Å². The van der Waals surface area contributed by atoms with E-state index in [2.05, 4.69) is 20.2 Å². The van der Waals surface area contributed by atoms with Gasteiger partial charge in [0.1, 0.15) is 0 Å². The normalized spacial score (nSPS) is 16.9. The van der Waals surface area contributed by atoms with E-state index in [1.54, 1.807) is 12.4 Å². The van der Waals surface area contributed by atoms with Gasteiger partial charge in [0.15, 0.2) is 0 Å². The summed E-state index contributed by atoms with van der Waals surface area (Å²) in [7, 11) is 0. The summed E-state index contributed by atoms with van der Waals surface area (Å²) in [6.45, 7) is 3.89. The van der Waals surface area contributed by atoms with E-state index in [1.165, 1.54) is 5.56 Å². The lowest BCUT2D eigenvalue weighted by Gasteiger charge is -2.34. The average molecular weight is 309 g/mol. The molecule has 0 aliphatic carbocycles. The third-order valence-electron chi connectivity index (χ3n) is 4.46. The van der Waals surface area contributed by atoms with Gasteiger partial charge in [-0.05, 0) is 36.2 Å². The van der Waals surface area contributed by atoms with Crippen molar-refractivity contribution in [3.05, 3.63) is 47.8 Å². The predicted octanol–water partition coefficient (Wildman–Crippen LogP) is 1.41. The molecule has 23 heavy (non-hydrogen) atoms. The molecule has 0 radical (unpaired) electrons. The number of piperazine rings is 1. The number of amides is 1. The number of hydrogen-bond donors (Lipinski definition) is 1. The second kappa shape index (κ2) is 5.87. The maximum atomic E-state index is 12.7. The Balaban J connectivity index is 1.43. The molecule has 3 heterocycles. The SMILES string of the molecule is O=C(c1ccc2c(c1)CCN2)N1CCN(c2ncccn2)CC1. The molecule has 118 valence electrons. The van der Waals surface area contributed by atoms with Crippen LogP contribution in [0.4, 0.5) is 11.6 Å². The van der Waals surface area contributed by atoms with Crippen molar-refractivity contribution in [1.29, 1.82) is 0 Å². The molecule has 0 spiro atoms. The monoisotopic (exact) mass is 309 g/mol. The number of fused-ring (bicyclic) bond motifs is 1. The molecule has 1 N–H and O–H groups in total. The molecule has 0 bridgehead atoms. The van der Waals surface area contributed by atoms with E-state index in [0.29, 0.717) is 13.1 Å². The molecule has 1 amide bonds. The van der Waals surface area contributed by atoms with Crippen LogP contribution in [0.1, 0.15) is 15.9 Å². The van der Waals surface area contributed by atoms with Crippen LogP contribution in [-0.4, -0.2) is 53.5 Å². The Morgan fingerprint density at radius 3 is 2.65 bits per heavy atom. The Kier molecular flexibility index (Phi) is 3.57. The summed E-state index contributed by atoms with van der Waals surface area (Å²) < 4.78 is 0. The number of hydrogen-bond acceptors (Lipinski definition) is 5. The van der Waals surface area contributed by atoms with Gasteiger partial charge in [0, 0.05) is 56.4 Å². The number of aromatic nitrogens is 2. The first-order chi connectivity index (χ1) is 11.3. The molecule has 1 saturated heterocycles. The van der Waals surface area contributed by atoms with Gasteiger partial charge >= 0.3 is 0 Å². The lowest BCUT2D eigenvalue weighted by molar-refractivity contribution is 0.0746. The van der Waals surface area contributed by atoms with Crippen molar-refractivity contribution < 1.29 is 4.79 Å². The highest BCUT2D eigenvalue weighted by molar-refractivity contribution is 5.95. The van der Waals surface area contributed by atoms with Crippen molar-refractivity contribution in [2.75, 3.05) is 42.9 Å². The largest absolute Gasteiger partial charge is 0.384 e. The first-order valence-corrected chi connectivity index (χ1v) is 7.99. The van der Waals surface area contributed by atoms with Crippen LogP contribution >= 0.6 is 0 Å². The number of rotatable bonds is 2. The van der Waals surface area contributed by atoms with Gasteiger partial charge in [0.05, 0.1) is 0 Å². The highest BCUT2D eigenvalue weighted by atomic mass is 16.2. The topological polar surface area (TPSA) is 61.4 Å². The van der Waals surface area contributed by atoms with E-state index in [1.807, 2.05) is 29.2 Å². The van der Waals surface area contributed by atoms with E-state index >= 15 is 0 Å². The maximum Gasteiger partial charge on any atom is 0.253 e. The van der Waals surface area contributed by atoms with Crippen LogP contribution < -0.4 is 10.2 Å². The third kappa shape index (κ3) is 2.72. The summed E-state index contributed by atoms with van der Waals surface area (Å²) in [5.74, 6) is 0.858. The van der Waals surface area contributed by atoms with E-state index in [4.69, 9.17) is 0 Å². The second-order valence-corrected chi connectivity index (χ2v) is 5.88. The minimum atomic E-state index is 0.119. The predicted molar refractivity (Wildman–Crippen MR) is 88.8 cm³/mol. The van der Waals surface area contributed by atoms with Gasteiger partial charge in [-0.1, -0.05) is 0 Å². The maximum absolute atomic E-state index is 12.7. The Bertz CT molecular complexity index is 710. The molecular weight excluding hydrogens is 290 g/mol. The van der Waals surface area contributed by atoms with E-state index in [-0.39, 0.29) is 5.91 Å². The van der Waals surface area contributed by atoms with Crippen molar-refractivity contribution in [3.63, 3.8) is 0 Å². The van der Waals surface area contributed by atoms with Gasteiger partial charge < -0.3 is 15.1 Å². The zero-order valence-electron chi connectivity index (χ0n) is 12.9. The summed E-state index contributed by atoms with van der Waals surface area (Å²) in [6, 6.07) is 7.78. The number of carbonyl (C=O) groups is 1. The lowest BCUT2D eigenvalue weighted by Crippen LogP contribution is -2.49. The average Bonchev–Trinajstić information content (AvgIpc) is 3.10. The smallest absolute Gasteiger partial charge is 0.253 e. The van der Waals surface area contributed by atoms with Gasteiger partial charge in [0.25, 0.3) is 5.91 Å². The third-order valence-corrected chi connectivity index (χ3v) is 4.46. The van der Waals surface area contributed by atoms with Crippen LogP contribution in [0.2, 0.25) is 0 Å². The molecule has 1 aromatic carbocycles. The second-order valence-electron chi connectivity index (χ2n) is 5.88. The zero-order valence-corrected chi connectivity index (χ0v) is 12.9. The molecule has 0 atom stereocenters. The van der Waals surface area contributed by atoms with Crippen molar-refractivity contribution in [2.24, 2.45) is 0 Å². The van der Waals surface area contributed by atoms with Gasteiger partial charge in [-0.2, -0.15) is 0 Å². The van der Waals surface area contributed by atoms with Crippen LogP contribution in [0.3, 0.4) is 0 Å². The van der Waals surface area contributed by atoms with Crippen LogP contribution in [-0.2, 0) is 6.42 Å². The van der Waals surface area contributed by atoms with Crippen molar-refractivity contribution in [1.82, 2.24) is 14.9 Å². The highest BCUT2D eigenvalue weighted by Gasteiger charge is 2.24. The number of nitrogens with zero attached hydrogens (tertiary/aromatic N) is 4. The first-order valence-electron chi connectivity index (χ1n) is 7.99. The Hall–Kier alpha value is -2.63. The molecule has 2 aliphatic heterocycles. The fourth-order valence-electron chi connectivity index (χ4n) is 3.18. The molecule has 4 rings (SSSR count). The Morgan fingerprint density at radius 2 is 1.87 bits per heavy atom. The molecule has 2 aliphatic rings. The quantitative estimate of drug-likeness (QED) is 0.909. The standard InChI is InChI=1S/C17H19N5O/c23-16(14-2-3-15-13(12-14)4-7-18-15)21-8-10-22(11-9-21)17-19-5-1-6-20-17/h1-3,5-6,12,18H,4,7-11H2. The molecule has 1 aromatic heterocycles. The van der Waals surface area contributed by atoms with Crippen LogP contribution in [0.15, 0.2) is 36.7 Å². The minimum Gasteiger partial charge on any atom is -0.384 e. The minimum absolute atomic E-state index is 0.119. The van der Waals surface area contributed by atoms with Crippen LogP contribution in [0, 0.1) is 0 Å². The Morgan fingerprint density at radius 1 is 1.09 bits per heavy atom. The molecule has 2 aromatic rings. The lowest BCUT2D eigenvalue weighted by atomic mass is 10.1. The molecule has 6 heteroatoms. The zero-order chi connectivity index (χ0) is 15.6. The fourth-order valence-corrected chi connectivity index (χ4v) is 3.18. The van der Waals surface area contributed by atoms with Crippen LogP contribution in [0.5, 0.6) is 0 Å². The van der Waals surface area contributed by atoms with Gasteiger partial charge in [-0.15, -0.1) is 0 Å². The number of carbonyl (C=O) groups excluding carboxylic acids is 1. The van der Waals surface area contributed by atoms with Crippen molar-refractivity contribution >= 4 is 17.5 Å². The molecule has 6 nitrogen and oxygen atoms in total. The summed E-state index contributed by atoms with van der Waals surface area (Å²) in [5.41, 5.74) is 3.19. The molecule has 0 unspecified atom stereocenters. The van der Waals surface area contributed by atoms with Gasteiger partial charge in [-0.25, -0.2) is 9.97 Å². The molecule has 1 fully saturated rings. The number of anilines is 2. The summed E-state index contributed by atoms with van der Waals surface area (Å²) >= 11 is 0. The van der Waals surface area contributed by atoms with E-state index < -0.39 is 0 Å². The summed E-state index contributed by atoms with van der Waals surface area (Å²) in [4.78, 5) is 25.3. The Labute approximate surface area is 135 Å². The summed E-state index contributed by atoms with van der Waals surface area (Å²) in [5, 5.41) is 3.32. The van der Waals surface area contributed by atoms with E-state index in [9.17, 15) is 4.79 Å². The van der Waals surface area contributed by atoms with Crippen molar-refractivity contribution in [2.45, 2.75) is 6.42 Å². The highest BCUT2D eigenvalue weighted by Crippen LogP contribution is 2.24.